The molecule has 0 radical (unpaired) electrons. The molecule has 1 saturated carbocycles. The number of esters is 1. The van der Waals surface area contributed by atoms with Crippen LogP contribution >= 0.6 is 0 Å². The molecule has 1 unspecified atom stereocenters. The van der Waals surface area contributed by atoms with Crippen molar-refractivity contribution in [1.82, 2.24) is 4.72 Å². The van der Waals surface area contributed by atoms with Crippen LogP contribution in [-0.4, -0.2) is 39.7 Å². The molecule has 8 heteroatoms. The van der Waals surface area contributed by atoms with E-state index in [0.717, 1.165) is 18.4 Å². The minimum Gasteiger partial charge on any atom is -0.494 e. The predicted molar refractivity (Wildman–Crippen MR) is 134 cm³/mol. The van der Waals surface area contributed by atoms with Crippen molar-refractivity contribution in [3.8, 4) is 5.75 Å². The van der Waals surface area contributed by atoms with E-state index < -0.39 is 22.0 Å². The van der Waals surface area contributed by atoms with Gasteiger partial charge in [0, 0.05) is 6.61 Å². The van der Waals surface area contributed by atoms with Crippen LogP contribution in [0.15, 0.2) is 59.5 Å². The fraction of sp³-hybridized carbons (Fsp3) is 0.519. The first kappa shape index (κ1) is 27.2. The van der Waals surface area contributed by atoms with E-state index in [0.29, 0.717) is 37.7 Å². The summed E-state index contributed by atoms with van der Waals surface area (Å²) in [6.45, 7) is 7.36. The van der Waals surface area contributed by atoms with Gasteiger partial charge in [0.1, 0.15) is 18.4 Å². The maximum atomic E-state index is 13.2. The molecule has 2 aromatic carbocycles. The number of nitrogens with one attached hydrogen (secondary N) is 1. The van der Waals surface area contributed by atoms with Crippen molar-refractivity contribution in [2.24, 2.45) is 11.8 Å². The zero-order chi connectivity index (χ0) is 25.3. The standard InChI is InChI=1S/C27H37NO6S/c1-4-32-23-14-16-25(17-15-23)35(30,31)28-26(27(29)34-19-21-8-6-5-7-9-21)22-10-12-24(13-11-22)33-18-20(2)3/h5-9,14-17,20,22,24,26,28H,4,10-13,18-19H2,1-3H3. The highest BCUT2D eigenvalue weighted by molar-refractivity contribution is 7.89. The molecular formula is C27H37NO6S. The molecule has 7 nitrogen and oxygen atoms in total. The Morgan fingerprint density at radius 1 is 1.00 bits per heavy atom. The van der Waals surface area contributed by atoms with Crippen LogP contribution in [0.2, 0.25) is 0 Å². The zero-order valence-electron chi connectivity index (χ0n) is 20.8. The Balaban J connectivity index is 1.72. The van der Waals surface area contributed by atoms with Gasteiger partial charge in [-0.3, -0.25) is 4.79 Å². The highest BCUT2D eigenvalue weighted by Gasteiger charge is 2.36. The van der Waals surface area contributed by atoms with Gasteiger partial charge in [-0.1, -0.05) is 44.2 Å². The lowest BCUT2D eigenvalue weighted by Gasteiger charge is -2.33. The summed E-state index contributed by atoms with van der Waals surface area (Å²) in [5.74, 6) is 0.309. The number of hydrogen-bond donors (Lipinski definition) is 1. The number of carbonyl (C=O) groups is 1. The summed E-state index contributed by atoms with van der Waals surface area (Å²) in [7, 11) is -3.94. The zero-order valence-corrected chi connectivity index (χ0v) is 21.6. The second-order valence-corrected chi connectivity index (χ2v) is 11.1. The molecule has 3 rings (SSSR count). The van der Waals surface area contributed by atoms with E-state index in [1.54, 1.807) is 12.1 Å². The van der Waals surface area contributed by atoms with Crippen molar-refractivity contribution < 1.29 is 27.4 Å². The van der Waals surface area contributed by atoms with Crippen LogP contribution in [0.3, 0.4) is 0 Å². The van der Waals surface area contributed by atoms with E-state index in [9.17, 15) is 13.2 Å². The van der Waals surface area contributed by atoms with Crippen molar-refractivity contribution in [1.29, 1.82) is 0 Å². The van der Waals surface area contributed by atoms with Crippen LogP contribution in [0.1, 0.15) is 52.0 Å². The normalized spacial score (nSPS) is 19.3. The summed E-state index contributed by atoms with van der Waals surface area (Å²) >= 11 is 0. The number of sulfonamides is 1. The molecule has 192 valence electrons. The molecule has 0 saturated heterocycles. The summed E-state index contributed by atoms with van der Waals surface area (Å²) in [4.78, 5) is 13.2. The Labute approximate surface area is 209 Å². The molecule has 0 amide bonds. The van der Waals surface area contributed by atoms with Crippen LogP contribution < -0.4 is 9.46 Å². The molecule has 0 aliphatic heterocycles. The molecule has 0 aromatic heterocycles. The Morgan fingerprint density at radius 3 is 2.26 bits per heavy atom. The van der Waals surface area contributed by atoms with Crippen LogP contribution in [0.25, 0.3) is 0 Å². The summed E-state index contributed by atoms with van der Waals surface area (Å²) < 4.78 is 46.0. The fourth-order valence-electron chi connectivity index (χ4n) is 4.19. The van der Waals surface area contributed by atoms with Gasteiger partial charge in [0.2, 0.25) is 10.0 Å². The highest BCUT2D eigenvalue weighted by atomic mass is 32.2. The van der Waals surface area contributed by atoms with Crippen molar-refractivity contribution in [3.05, 3.63) is 60.2 Å². The number of rotatable bonds is 12. The molecule has 1 fully saturated rings. The first-order chi connectivity index (χ1) is 16.8. The van der Waals surface area contributed by atoms with E-state index >= 15 is 0 Å². The average Bonchev–Trinajstić information content (AvgIpc) is 2.86. The molecular weight excluding hydrogens is 466 g/mol. The second kappa shape index (κ2) is 13.0. The lowest BCUT2D eigenvalue weighted by molar-refractivity contribution is -0.149. The number of hydrogen-bond acceptors (Lipinski definition) is 6. The van der Waals surface area contributed by atoms with Crippen molar-refractivity contribution >= 4 is 16.0 Å². The second-order valence-electron chi connectivity index (χ2n) is 9.36. The van der Waals surface area contributed by atoms with Crippen LogP contribution in [-0.2, 0) is 30.9 Å². The average molecular weight is 504 g/mol. The van der Waals surface area contributed by atoms with Gasteiger partial charge >= 0.3 is 5.97 Å². The SMILES string of the molecule is CCOc1ccc(S(=O)(=O)NC(C(=O)OCc2ccccc2)C2CCC(OCC(C)C)CC2)cc1. The summed E-state index contributed by atoms with van der Waals surface area (Å²) in [5, 5.41) is 0. The molecule has 35 heavy (non-hydrogen) atoms. The van der Waals surface area contributed by atoms with Crippen molar-refractivity contribution in [2.75, 3.05) is 13.2 Å². The summed E-state index contributed by atoms with van der Waals surface area (Å²) in [6, 6.07) is 14.6. The third kappa shape index (κ3) is 8.33. The largest absolute Gasteiger partial charge is 0.494 e. The van der Waals surface area contributed by atoms with Crippen molar-refractivity contribution in [2.45, 2.75) is 70.1 Å². The Morgan fingerprint density at radius 2 is 1.66 bits per heavy atom. The van der Waals surface area contributed by atoms with Gasteiger partial charge in [-0.2, -0.15) is 4.72 Å². The van der Waals surface area contributed by atoms with E-state index in [4.69, 9.17) is 14.2 Å². The molecule has 0 heterocycles. The van der Waals surface area contributed by atoms with Crippen molar-refractivity contribution in [3.63, 3.8) is 0 Å². The van der Waals surface area contributed by atoms with Gasteiger partial charge in [0.25, 0.3) is 0 Å². The van der Waals surface area contributed by atoms with Gasteiger partial charge in [0.15, 0.2) is 0 Å². The highest BCUT2D eigenvalue weighted by Crippen LogP contribution is 2.30. The van der Waals surface area contributed by atoms with E-state index in [-0.39, 0.29) is 23.5 Å². The predicted octanol–water partition coefficient (Wildman–Crippen LogP) is 4.71. The molecule has 1 aliphatic rings. The van der Waals surface area contributed by atoms with Crippen LogP contribution in [0.5, 0.6) is 5.75 Å². The Hall–Kier alpha value is -2.42. The number of ether oxygens (including phenoxy) is 3. The van der Waals surface area contributed by atoms with E-state index in [1.165, 1.54) is 12.1 Å². The van der Waals surface area contributed by atoms with Crippen LogP contribution in [0, 0.1) is 11.8 Å². The molecule has 1 aliphatic carbocycles. The molecule has 2 aromatic rings. The first-order valence-corrected chi connectivity index (χ1v) is 13.8. The smallest absolute Gasteiger partial charge is 0.324 e. The van der Waals surface area contributed by atoms with Crippen LogP contribution in [0.4, 0.5) is 0 Å². The monoisotopic (exact) mass is 503 g/mol. The maximum absolute atomic E-state index is 13.2. The quantitative estimate of drug-likeness (QED) is 0.422. The summed E-state index contributed by atoms with van der Waals surface area (Å²) in [6.07, 6.45) is 3.06. The Kier molecular flexibility index (Phi) is 10.1. The summed E-state index contributed by atoms with van der Waals surface area (Å²) in [5.41, 5.74) is 0.847. The molecule has 0 spiro atoms. The topological polar surface area (TPSA) is 90.9 Å². The third-order valence-electron chi connectivity index (χ3n) is 6.06. The van der Waals surface area contributed by atoms with Gasteiger partial charge in [0.05, 0.1) is 17.6 Å². The Bertz CT molecular complexity index is 1020. The first-order valence-electron chi connectivity index (χ1n) is 12.4. The lowest BCUT2D eigenvalue weighted by Crippen LogP contribution is -2.48. The van der Waals surface area contributed by atoms with E-state index in [2.05, 4.69) is 18.6 Å². The molecule has 1 N–H and O–H groups in total. The minimum atomic E-state index is -3.94. The van der Waals surface area contributed by atoms with Gasteiger partial charge < -0.3 is 14.2 Å². The third-order valence-corrected chi connectivity index (χ3v) is 7.52. The fourth-order valence-corrected chi connectivity index (χ4v) is 5.44. The van der Waals surface area contributed by atoms with Gasteiger partial charge in [-0.25, -0.2) is 8.42 Å². The number of benzene rings is 2. The van der Waals surface area contributed by atoms with Gasteiger partial charge in [-0.15, -0.1) is 0 Å². The number of carbonyl (C=O) groups excluding carboxylic acids is 1. The molecule has 1 atom stereocenters. The minimum absolute atomic E-state index is 0.0794. The van der Waals surface area contributed by atoms with Gasteiger partial charge in [-0.05, 0) is 74.3 Å². The van der Waals surface area contributed by atoms with E-state index in [1.807, 2.05) is 37.3 Å². The molecule has 0 bridgehead atoms. The lowest BCUT2D eigenvalue weighted by atomic mass is 9.83. The maximum Gasteiger partial charge on any atom is 0.324 e.